The average Bonchev–Trinajstić information content (AvgIpc) is 2.90. The summed E-state index contributed by atoms with van der Waals surface area (Å²) in [6.07, 6.45) is 10.7. The van der Waals surface area contributed by atoms with E-state index < -0.39 is 0 Å². The molecule has 0 bridgehead atoms. The van der Waals surface area contributed by atoms with Crippen LogP contribution in [0.15, 0.2) is 59.9 Å². The van der Waals surface area contributed by atoms with Crippen LogP contribution in [0.25, 0.3) is 0 Å². The van der Waals surface area contributed by atoms with Gasteiger partial charge < -0.3 is 20.9 Å². The number of pyridine rings is 1. The first kappa shape index (κ1) is 25.4. The van der Waals surface area contributed by atoms with Gasteiger partial charge in [0.25, 0.3) is 5.91 Å². The number of carbonyl (C=O) groups is 1. The third-order valence-electron chi connectivity index (χ3n) is 7.20. The molecule has 1 aromatic carbocycles. The highest BCUT2D eigenvalue weighted by Crippen LogP contribution is 2.20. The van der Waals surface area contributed by atoms with Crippen molar-refractivity contribution >= 4 is 5.91 Å². The molecule has 2 aromatic rings. The SMILES string of the molecule is CC1=C(NCc2ccccn2)CCN(Cc2ccc(CNCCCNC3CCCCC3)cc2)C1=O. The molecule has 1 amide bonds. The van der Waals surface area contributed by atoms with Gasteiger partial charge in [0.15, 0.2) is 0 Å². The lowest BCUT2D eigenvalue weighted by Gasteiger charge is -2.30. The van der Waals surface area contributed by atoms with Crippen molar-refractivity contribution < 1.29 is 4.79 Å². The number of nitrogens with one attached hydrogen (secondary N) is 3. The van der Waals surface area contributed by atoms with Crippen molar-refractivity contribution in [2.45, 2.75) is 77.5 Å². The van der Waals surface area contributed by atoms with Crippen molar-refractivity contribution in [1.29, 1.82) is 0 Å². The summed E-state index contributed by atoms with van der Waals surface area (Å²) < 4.78 is 0. The van der Waals surface area contributed by atoms with Crippen molar-refractivity contribution in [3.8, 4) is 0 Å². The largest absolute Gasteiger partial charge is 0.382 e. The highest BCUT2D eigenvalue weighted by atomic mass is 16.2. The van der Waals surface area contributed by atoms with Crippen LogP contribution in [-0.2, 0) is 24.4 Å². The van der Waals surface area contributed by atoms with Crippen molar-refractivity contribution in [3.05, 3.63) is 76.8 Å². The van der Waals surface area contributed by atoms with Gasteiger partial charge >= 0.3 is 0 Å². The minimum Gasteiger partial charge on any atom is -0.382 e. The van der Waals surface area contributed by atoms with E-state index in [1.165, 1.54) is 43.2 Å². The van der Waals surface area contributed by atoms with Gasteiger partial charge in [0.2, 0.25) is 0 Å². The van der Waals surface area contributed by atoms with Crippen LogP contribution in [-0.4, -0.2) is 41.5 Å². The van der Waals surface area contributed by atoms with Gasteiger partial charge in [-0.2, -0.15) is 0 Å². The van der Waals surface area contributed by atoms with E-state index in [4.69, 9.17) is 0 Å². The highest BCUT2D eigenvalue weighted by Gasteiger charge is 2.24. The van der Waals surface area contributed by atoms with Gasteiger partial charge in [0, 0.05) is 49.6 Å². The second kappa shape index (κ2) is 13.4. The minimum absolute atomic E-state index is 0.118. The van der Waals surface area contributed by atoms with E-state index in [1.807, 2.05) is 30.0 Å². The van der Waals surface area contributed by atoms with Crippen LogP contribution >= 0.6 is 0 Å². The minimum atomic E-state index is 0.118. The molecule has 3 N–H and O–H groups in total. The number of amides is 1. The summed E-state index contributed by atoms with van der Waals surface area (Å²) in [5, 5.41) is 10.7. The number of hydrogen-bond acceptors (Lipinski definition) is 5. The monoisotopic (exact) mass is 475 g/mol. The zero-order valence-corrected chi connectivity index (χ0v) is 21.2. The summed E-state index contributed by atoms with van der Waals surface area (Å²) in [7, 11) is 0. The molecular weight excluding hydrogens is 434 g/mol. The molecule has 6 nitrogen and oxygen atoms in total. The number of nitrogens with zero attached hydrogens (tertiary/aromatic N) is 2. The fraction of sp³-hybridized carbons (Fsp3) is 0.517. The number of rotatable bonds is 12. The molecule has 35 heavy (non-hydrogen) atoms. The highest BCUT2D eigenvalue weighted by molar-refractivity contribution is 5.94. The number of carbonyl (C=O) groups excluding carboxylic acids is 1. The fourth-order valence-electron chi connectivity index (χ4n) is 5.02. The van der Waals surface area contributed by atoms with Crippen molar-refractivity contribution in [2.24, 2.45) is 0 Å². The van der Waals surface area contributed by atoms with Crippen LogP contribution in [0, 0.1) is 0 Å². The van der Waals surface area contributed by atoms with Crippen molar-refractivity contribution in [2.75, 3.05) is 19.6 Å². The predicted octanol–water partition coefficient (Wildman–Crippen LogP) is 4.28. The Hall–Kier alpha value is -2.70. The zero-order valence-electron chi connectivity index (χ0n) is 21.2. The molecule has 0 atom stereocenters. The molecule has 0 saturated heterocycles. The quantitative estimate of drug-likeness (QED) is 0.400. The Labute approximate surface area is 210 Å². The second-order valence-electron chi connectivity index (χ2n) is 9.89. The van der Waals surface area contributed by atoms with Gasteiger partial charge in [-0.05, 0) is 62.5 Å². The summed E-state index contributed by atoms with van der Waals surface area (Å²) in [6, 6.07) is 15.3. The Morgan fingerprint density at radius 3 is 2.54 bits per heavy atom. The summed E-state index contributed by atoms with van der Waals surface area (Å²) in [5.74, 6) is 0.118. The van der Waals surface area contributed by atoms with Crippen LogP contribution < -0.4 is 16.0 Å². The molecule has 0 unspecified atom stereocenters. The van der Waals surface area contributed by atoms with E-state index in [0.717, 1.165) is 62.0 Å². The molecule has 1 aliphatic carbocycles. The Balaban J connectivity index is 1.16. The molecule has 188 valence electrons. The van der Waals surface area contributed by atoms with E-state index in [1.54, 1.807) is 6.20 Å². The van der Waals surface area contributed by atoms with Gasteiger partial charge in [-0.3, -0.25) is 9.78 Å². The Morgan fingerprint density at radius 2 is 1.77 bits per heavy atom. The van der Waals surface area contributed by atoms with Crippen LogP contribution in [0.2, 0.25) is 0 Å². The molecule has 1 saturated carbocycles. The van der Waals surface area contributed by atoms with Gasteiger partial charge in [-0.25, -0.2) is 0 Å². The van der Waals surface area contributed by atoms with Gasteiger partial charge in [-0.1, -0.05) is 49.6 Å². The Morgan fingerprint density at radius 1 is 0.971 bits per heavy atom. The topological polar surface area (TPSA) is 69.3 Å². The third kappa shape index (κ3) is 7.91. The molecule has 2 aliphatic rings. The first-order valence-electron chi connectivity index (χ1n) is 13.3. The van der Waals surface area contributed by atoms with Crippen LogP contribution in [0.4, 0.5) is 0 Å². The maximum Gasteiger partial charge on any atom is 0.251 e. The summed E-state index contributed by atoms with van der Waals surface area (Å²) >= 11 is 0. The van der Waals surface area contributed by atoms with Crippen LogP contribution in [0.3, 0.4) is 0 Å². The number of aromatic nitrogens is 1. The van der Waals surface area contributed by atoms with E-state index in [-0.39, 0.29) is 5.91 Å². The summed E-state index contributed by atoms with van der Waals surface area (Å²) in [4.78, 5) is 19.2. The van der Waals surface area contributed by atoms with Crippen LogP contribution in [0.1, 0.15) is 68.7 Å². The van der Waals surface area contributed by atoms with Crippen molar-refractivity contribution in [3.63, 3.8) is 0 Å². The van der Waals surface area contributed by atoms with Crippen LogP contribution in [0.5, 0.6) is 0 Å². The standard InChI is InChI=1S/C29H41N5O/c1-23-28(33-21-27-10-5-6-17-32-27)15-19-34(29(23)35)22-25-13-11-24(12-14-25)20-30-16-7-18-31-26-8-3-2-4-9-26/h5-6,10-14,17,26,30-31,33H,2-4,7-9,15-16,18-22H2,1H3. The lowest BCUT2D eigenvalue weighted by molar-refractivity contribution is -0.128. The molecule has 0 spiro atoms. The van der Waals surface area contributed by atoms with Gasteiger partial charge in [0.05, 0.1) is 12.2 Å². The molecule has 1 fully saturated rings. The normalized spacial score (nSPS) is 17.2. The maximum absolute atomic E-state index is 12.9. The Kier molecular flexibility index (Phi) is 9.73. The van der Waals surface area contributed by atoms with Crippen molar-refractivity contribution in [1.82, 2.24) is 25.8 Å². The van der Waals surface area contributed by atoms with Gasteiger partial charge in [-0.15, -0.1) is 0 Å². The second-order valence-corrected chi connectivity index (χ2v) is 9.89. The molecule has 0 radical (unpaired) electrons. The van der Waals surface area contributed by atoms with E-state index in [0.29, 0.717) is 13.1 Å². The first-order valence-corrected chi connectivity index (χ1v) is 13.3. The molecule has 1 aliphatic heterocycles. The zero-order chi connectivity index (χ0) is 24.3. The maximum atomic E-state index is 12.9. The number of benzene rings is 1. The lowest BCUT2D eigenvalue weighted by atomic mass is 9.95. The summed E-state index contributed by atoms with van der Waals surface area (Å²) in [6.45, 7) is 6.99. The molecule has 6 heteroatoms. The van der Waals surface area contributed by atoms with E-state index in [9.17, 15) is 4.79 Å². The molecule has 2 heterocycles. The van der Waals surface area contributed by atoms with Gasteiger partial charge in [0.1, 0.15) is 0 Å². The first-order chi connectivity index (χ1) is 17.2. The molecular formula is C29H41N5O. The van der Waals surface area contributed by atoms with E-state index >= 15 is 0 Å². The lowest BCUT2D eigenvalue weighted by Crippen LogP contribution is -2.38. The fourth-order valence-corrected chi connectivity index (χ4v) is 5.02. The Bertz CT molecular complexity index is 951. The molecule has 1 aromatic heterocycles. The number of hydrogen-bond donors (Lipinski definition) is 3. The average molecular weight is 476 g/mol. The summed E-state index contributed by atoms with van der Waals surface area (Å²) in [5.41, 5.74) is 5.29. The smallest absolute Gasteiger partial charge is 0.251 e. The van der Waals surface area contributed by atoms with E-state index in [2.05, 4.69) is 45.2 Å². The predicted molar refractivity (Wildman–Crippen MR) is 141 cm³/mol. The third-order valence-corrected chi connectivity index (χ3v) is 7.20. The molecule has 4 rings (SSSR count).